The summed E-state index contributed by atoms with van der Waals surface area (Å²) in [4.78, 5) is 4.39. The summed E-state index contributed by atoms with van der Waals surface area (Å²) in [5.74, 6) is 1.21. The molecule has 2 aliphatic rings. The second-order valence-corrected chi connectivity index (χ2v) is 3.54. The first kappa shape index (κ1) is 7.84. The lowest BCUT2D eigenvalue weighted by atomic mass is 9.97. The summed E-state index contributed by atoms with van der Waals surface area (Å²) in [7, 11) is 0. The lowest BCUT2D eigenvalue weighted by Gasteiger charge is -2.12. The molecule has 1 aliphatic carbocycles. The fourth-order valence-corrected chi connectivity index (χ4v) is 1.85. The highest BCUT2D eigenvalue weighted by Gasteiger charge is 2.09. The van der Waals surface area contributed by atoms with Gasteiger partial charge in [-0.15, -0.1) is 0 Å². The van der Waals surface area contributed by atoms with Crippen LogP contribution in [0, 0.1) is 0 Å². The molecule has 0 spiro atoms. The number of allylic oxidation sites excluding steroid dienone is 1. The molecule has 2 heteroatoms. The topological polar surface area (TPSA) is 24.4 Å². The van der Waals surface area contributed by atoms with Crippen LogP contribution in [-0.4, -0.2) is 18.9 Å². The Kier molecular flexibility index (Phi) is 2.45. The van der Waals surface area contributed by atoms with Crippen molar-refractivity contribution >= 4 is 5.84 Å². The van der Waals surface area contributed by atoms with E-state index < -0.39 is 0 Å². The van der Waals surface area contributed by atoms with Crippen LogP contribution in [0.25, 0.3) is 0 Å². The number of nitrogens with one attached hydrogen (secondary N) is 1. The highest BCUT2D eigenvalue weighted by atomic mass is 15.1. The van der Waals surface area contributed by atoms with Gasteiger partial charge in [0.1, 0.15) is 5.84 Å². The van der Waals surface area contributed by atoms with Gasteiger partial charge in [-0.25, -0.2) is 0 Å². The van der Waals surface area contributed by atoms with E-state index in [9.17, 15) is 0 Å². The lowest BCUT2D eigenvalue weighted by Crippen LogP contribution is -2.19. The van der Waals surface area contributed by atoms with Crippen LogP contribution in [0.5, 0.6) is 0 Å². The second kappa shape index (κ2) is 3.74. The average Bonchev–Trinajstić information content (AvgIpc) is 2.59. The van der Waals surface area contributed by atoms with Gasteiger partial charge in [0.2, 0.25) is 0 Å². The van der Waals surface area contributed by atoms with Crippen molar-refractivity contribution in [1.82, 2.24) is 5.32 Å². The van der Waals surface area contributed by atoms with Gasteiger partial charge in [-0.1, -0.05) is 11.6 Å². The van der Waals surface area contributed by atoms with E-state index in [0.717, 1.165) is 19.5 Å². The Morgan fingerprint density at radius 2 is 2.42 bits per heavy atom. The predicted molar refractivity (Wildman–Crippen MR) is 51.5 cm³/mol. The smallest absolute Gasteiger partial charge is 0.100 e. The van der Waals surface area contributed by atoms with Gasteiger partial charge < -0.3 is 5.32 Å². The third-order valence-electron chi connectivity index (χ3n) is 2.52. The molecule has 0 saturated carbocycles. The molecule has 0 unspecified atom stereocenters. The van der Waals surface area contributed by atoms with Gasteiger partial charge >= 0.3 is 0 Å². The summed E-state index contributed by atoms with van der Waals surface area (Å²) < 4.78 is 0. The molecule has 1 heterocycles. The number of amidine groups is 1. The summed E-state index contributed by atoms with van der Waals surface area (Å²) in [6.07, 6.45) is 8.80. The van der Waals surface area contributed by atoms with Crippen LogP contribution >= 0.6 is 0 Å². The molecular weight excluding hydrogens is 148 g/mol. The van der Waals surface area contributed by atoms with Crippen molar-refractivity contribution in [1.29, 1.82) is 0 Å². The van der Waals surface area contributed by atoms with Crippen LogP contribution in [0.15, 0.2) is 16.6 Å². The van der Waals surface area contributed by atoms with Gasteiger partial charge in [0.15, 0.2) is 0 Å². The standard InChI is InChI=1S/C10H16N2/c1-2-4-9(5-3-1)8-10-11-6-7-12-10/h4H,1-3,5-8H2,(H,11,12). The van der Waals surface area contributed by atoms with E-state index in [-0.39, 0.29) is 0 Å². The van der Waals surface area contributed by atoms with E-state index in [1.165, 1.54) is 31.5 Å². The zero-order chi connectivity index (χ0) is 8.23. The van der Waals surface area contributed by atoms with E-state index in [0.29, 0.717) is 0 Å². The van der Waals surface area contributed by atoms with Crippen molar-refractivity contribution in [3.63, 3.8) is 0 Å². The first-order valence-corrected chi connectivity index (χ1v) is 4.90. The molecule has 0 atom stereocenters. The molecule has 0 aromatic rings. The van der Waals surface area contributed by atoms with Gasteiger partial charge in [0.25, 0.3) is 0 Å². The molecule has 1 aliphatic heterocycles. The largest absolute Gasteiger partial charge is 0.372 e. The van der Waals surface area contributed by atoms with E-state index in [4.69, 9.17) is 0 Å². The number of aliphatic imine (C=N–C) groups is 1. The average molecular weight is 164 g/mol. The summed E-state index contributed by atoms with van der Waals surface area (Å²) in [6, 6.07) is 0. The quantitative estimate of drug-likeness (QED) is 0.619. The Balaban J connectivity index is 1.88. The summed E-state index contributed by atoms with van der Waals surface area (Å²) in [5, 5.41) is 3.31. The fourth-order valence-electron chi connectivity index (χ4n) is 1.85. The summed E-state index contributed by atoms with van der Waals surface area (Å²) in [6.45, 7) is 2.02. The van der Waals surface area contributed by atoms with Gasteiger partial charge in [0, 0.05) is 13.0 Å². The lowest BCUT2D eigenvalue weighted by molar-refractivity contribution is 0.693. The summed E-state index contributed by atoms with van der Waals surface area (Å²) >= 11 is 0. The number of hydrogen-bond acceptors (Lipinski definition) is 2. The molecular formula is C10H16N2. The van der Waals surface area contributed by atoms with Crippen molar-refractivity contribution in [2.75, 3.05) is 13.1 Å². The fraction of sp³-hybridized carbons (Fsp3) is 0.700. The molecule has 1 N–H and O–H groups in total. The number of nitrogens with zero attached hydrogens (tertiary/aromatic N) is 1. The molecule has 2 nitrogen and oxygen atoms in total. The molecule has 0 amide bonds. The molecule has 0 radical (unpaired) electrons. The normalized spacial score (nSPS) is 23.0. The first-order chi connectivity index (χ1) is 5.95. The van der Waals surface area contributed by atoms with Crippen molar-refractivity contribution in [2.45, 2.75) is 32.1 Å². The Hall–Kier alpha value is -0.790. The van der Waals surface area contributed by atoms with Crippen LogP contribution < -0.4 is 5.32 Å². The molecule has 2 rings (SSSR count). The van der Waals surface area contributed by atoms with E-state index in [1.807, 2.05) is 0 Å². The van der Waals surface area contributed by atoms with Gasteiger partial charge in [0.05, 0.1) is 6.54 Å². The Morgan fingerprint density at radius 3 is 3.08 bits per heavy atom. The van der Waals surface area contributed by atoms with E-state index in [2.05, 4.69) is 16.4 Å². The van der Waals surface area contributed by atoms with Crippen LogP contribution in [0.4, 0.5) is 0 Å². The number of rotatable bonds is 2. The molecule has 0 bridgehead atoms. The molecule has 0 aromatic heterocycles. The van der Waals surface area contributed by atoms with E-state index >= 15 is 0 Å². The minimum absolute atomic E-state index is 0.975. The maximum Gasteiger partial charge on any atom is 0.100 e. The van der Waals surface area contributed by atoms with Crippen LogP contribution in [0.3, 0.4) is 0 Å². The maximum absolute atomic E-state index is 4.39. The van der Waals surface area contributed by atoms with Crippen molar-refractivity contribution in [3.8, 4) is 0 Å². The molecule has 0 fully saturated rings. The minimum atomic E-state index is 0.975. The highest BCUT2D eigenvalue weighted by Crippen LogP contribution is 2.20. The third kappa shape index (κ3) is 1.87. The summed E-state index contributed by atoms with van der Waals surface area (Å²) in [5.41, 5.74) is 1.59. The Labute approximate surface area is 73.8 Å². The monoisotopic (exact) mass is 164 g/mol. The second-order valence-electron chi connectivity index (χ2n) is 3.54. The first-order valence-electron chi connectivity index (χ1n) is 4.90. The van der Waals surface area contributed by atoms with Crippen molar-refractivity contribution < 1.29 is 0 Å². The number of hydrogen-bond donors (Lipinski definition) is 1. The third-order valence-corrected chi connectivity index (χ3v) is 2.52. The van der Waals surface area contributed by atoms with Crippen molar-refractivity contribution in [2.24, 2.45) is 4.99 Å². The molecule has 0 saturated heterocycles. The zero-order valence-corrected chi connectivity index (χ0v) is 7.47. The van der Waals surface area contributed by atoms with Crippen LogP contribution in [-0.2, 0) is 0 Å². The van der Waals surface area contributed by atoms with Gasteiger partial charge in [-0.3, -0.25) is 4.99 Å². The Bertz CT molecular complexity index is 216. The zero-order valence-electron chi connectivity index (χ0n) is 7.47. The molecule has 12 heavy (non-hydrogen) atoms. The Morgan fingerprint density at radius 1 is 1.42 bits per heavy atom. The van der Waals surface area contributed by atoms with Gasteiger partial charge in [-0.05, 0) is 25.7 Å². The highest BCUT2D eigenvalue weighted by molar-refractivity contribution is 5.85. The maximum atomic E-state index is 4.39. The minimum Gasteiger partial charge on any atom is -0.372 e. The van der Waals surface area contributed by atoms with Crippen LogP contribution in [0.1, 0.15) is 32.1 Å². The molecule has 66 valence electrons. The SMILES string of the molecule is C1=C(CC2=NCCN2)CCCC1. The van der Waals surface area contributed by atoms with Gasteiger partial charge in [-0.2, -0.15) is 0 Å². The predicted octanol–water partition coefficient (Wildman–Crippen LogP) is 1.88. The van der Waals surface area contributed by atoms with E-state index in [1.54, 1.807) is 5.57 Å². The van der Waals surface area contributed by atoms with Crippen LogP contribution in [0.2, 0.25) is 0 Å². The molecule has 0 aromatic carbocycles. The van der Waals surface area contributed by atoms with Crippen molar-refractivity contribution in [3.05, 3.63) is 11.6 Å².